The number of rotatable bonds is 9. The smallest absolute Gasteiger partial charge is 0.244 e. The Morgan fingerprint density at radius 1 is 1.29 bits per heavy atom. The van der Waals surface area contributed by atoms with Gasteiger partial charge in [-0.2, -0.15) is 0 Å². The molecule has 7 nitrogen and oxygen atoms in total. The monoisotopic (exact) mass is 314 g/mol. The standard InChI is InChI=1S/C13H22N4O3S/c1-3-8-15-13-11(6-5-9-16-13)21(19,20)17-10-7-12(18)14-4-2/h5-6,9,17H,3-4,7-8,10H2,1-2H3,(H,14,18)(H,15,16). The summed E-state index contributed by atoms with van der Waals surface area (Å²) in [5, 5.41) is 5.59. The van der Waals surface area contributed by atoms with Crippen molar-refractivity contribution in [1.29, 1.82) is 0 Å². The van der Waals surface area contributed by atoms with Crippen molar-refractivity contribution in [1.82, 2.24) is 15.0 Å². The van der Waals surface area contributed by atoms with Crippen molar-refractivity contribution in [2.45, 2.75) is 31.6 Å². The Morgan fingerprint density at radius 3 is 2.71 bits per heavy atom. The van der Waals surface area contributed by atoms with Crippen LogP contribution in [0.3, 0.4) is 0 Å². The predicted molar refractivity (Wildman–Crippen MR) is 81.5 cm³/mol. The highest BCUT2D eigenvalue weighted by atomic mass is 32.2. The Bertz CT molecular complexity index is 560. The molecule has 21 heavy (non-hydrogen) atoms. The summed E-state index contributed by atoms with van der Waals surface area (Å²) in [7, 11) is -3.69. The number of aromatic nitrogens is 1. The van der Waals surface area contributed by atoms with Crippen LogP contribution in [0.1, 0.15) is 26.7 Å². The third-order valence-corrected chi connectivity index (χ3v) is 4.11. The molecule has 8 heteroatoms. The van der Waals surface area contributed by atoms with Gasteiger partial charge < -0.3 is 10.6 Å². The number of anilines is 1. The lowest BCUT2D eigenvalue weighted by Crippen LogP contribution is -2.31. The summed E-state index contributed by atoms with van der Waals surface area (Å²) >= 11 is 0. The van der Waals surface area contributed by atoms with E-state index in [1.165, 1.54) is 12.3 Å². The van der Waals surface area contributed by atoms with Gasteiger partial charge in [0.05, 0.1) is 0 Å². The minimum absolute atomic E-state index is 0.0519. The zero-order valence-corrected chi connectivity index (χ0v) is 13.2. The van der Waals surface area contributed by atoms with Crippen molar-refractivity contribution < 1.29 is 13.2 Å². The molecular formula is C13H22N4O3S. The molecule has 3 N–H and O–H groups in total. The third-order valence-electron chi connectivity index (χ3n) is 2.62. The summed E-state index contributed by atoms with van der Waals surface area (Å²) in [5.41, 5.74) is 0. The van der Waals surface area contributed by atoms with E-state index >= 15 is 0 Å². The SMILES string of the molecule is CCCNc1ncccc1S(=O)(=O)NCCC(=O)NCC. The molecule has 1 aromatic rings. The Hall–Kier alpha value is -1.67. The van der Waals surface area contributed by atoms with E-state index in [-0.39, 0.29) is 23.8 Å². The number of hydrogen-bond acceptors (Lipinski definition) is 5. The molecule has 0 aliphatic rings. The molecule has 0 aliphatic heterocycles. The van der Waals surface area contributed by atoms with E-state index in [4.69, 9.17) is 0 Å². The van der Waals surface area contributed by atoms with Gasteiger partial charge in [-0.25, -0.2) is 18.1 Å². The molecule has 0 saturated heterocycles. The maximum absolute atomic E-state index is 12.2. The van der Waals surface area contributed by atoms with Crippen molar-refractivity contribution in [2.75, 3.05) is 25.0 Å². The molecule has 0 aliphatic carbocycles. The first kappa shape index (κ1) is 17.4. The maximum atomic E-state index is 12.2. The Morgan fingerprint density at radius 2 is 2.05 bits per heavy atom. The van der Waals surface area contributed by atoms with Crippen LogP contribution < -0.4 is 15.4 Å². The van der Waals surface area contributed by atoms with Crippen LogP contribution in [0.4, 0.5) is 5.82 Å². The molecule has 0 spiro atoms. The molecule has 0 bridgehead atoms. The summed E-state index contributed by atoms with van der Waals surface area (Å²) < 4.78 is 26.9. The summed E-state index contributed by atoms with van der Waals surface area (Å²) in [6.45, 7) is 5.01. The number of sulfonamides is 1. The van der Waals surface area contributed by atoms with E-state index in [9.17, 15) is 13.2 Å². The Balaban J connectivity index is 2.71. The van der Waals surface area contributed by atoms with Gasteiger partial charge in [-0.1, -0.05) is 6.92 Å². The van der Waals surface area contributed by atoms with Crippen molar-refractivity contribution >= 4 is 21.7 Å². The van der Waals surface area contributed by atoms with Gasteiger partial charge in [0, 0.05) is 32.3 Å². The zero-order chi connectivity index (χ0) is 15.7. The maximum Gasteiger partial charge on any atom is 0.244 e. The van der Waals surface area contributed by atoms with Crippen LogP contribution in [-0.4, -0.2) is 38.9 Å². The van der Waals surface area contributed by atoms with Gasteiger partial charge in [0.2, 0.25) is 15.9 Å². The second-order valence-corrected chi connectivity index (χ2v) is 6.11. The molecule has 1 heterocycles. The highest BCUT2D eigenvalue weighted by molar-refractivity contribution is 7.89. The quantitative estimate of drug-likeness (QED) is 0.623. The van der Waals surface area contributed by atoms with E-state index in [1.54, 1.807) is 6.07 Å². The summed E-state index contributed by atoms with van der Waals surface area (Å²) in [6, 6.07) is 3.05. The minimum atomic E-state index is -3.69. The molecule has 1 amide bonds. The molecule has 1 aromatic heterocycles. The molecule has 0 saturated carbocycles. The molecule has 0 radical (unpaired) electrons. The van der Waals surface area contributed by atoms with E-state index in [0.29, 0.717) is 18.9 Å². The van der Waals surface area contributed by atoms with E-state index in [2.05, 4.69) is 20.3 Å². The largest absolute Gasteiger partial charge is 0.369 e. The number of carbonyl (C=O) groups excluding carboxylic acids is 1. The van der Waals surface area contributed by atoms with Crippen molar-refractivity contribution in [2.24, 2.45) is 0 Å². The van der Waals surface area contributed by atoms with Gasteiger partial charge >= 0.3 is 0 Å². The average molecular weight is 314 g/mol. The van der Waals surface area contributed by atoms with Gasteiger partial charge in [-0.05, 0) is 25.5 Å². The fourth-order valence-corrected chi connectivity index (χ4v) is 2.81. The zero-order valence-electron chi connectivity index (χ0n) is 12.3. The molecule has 0 atom stereocenters. The van der Waals surface area contributed by atoms with E-state index < -0.39 is 10.0 Å². The molecule has 1 rings (SSSR count). The number of pyridine rings is 1. The Kier molecular flexibility index (Phi) is 7.10. The normalized spacial score (nSPS) is 11.1. The lowest BCUT2D eigenvalue weighted by molar-refractivity contribution is -0.120. The van der Waals surface area contributed by atoms with E-state index in [1.807, 2.05) is 13.8 Å². The van der Waals surface area contributed by atoms with Gasteiger partial charge in [0.25, 0.3) is 0 Å². The Labute approximate surface area is 125 Å². The number of hydrogen-bond donors (Lipinski definition) is 3. The second kappa shape index (κ2) is 8.58. The van der Waals surface area contributed by atoms with Crippen LogP contribution in [-0.2, 0) is 14.8 Å². The van der Waals surface area contributed by atoms with Crippen molar-refractivity contribution in [3.05, 3.63) is 18.3 Å². The summed E-state index contributed by atoms with van der Waals surface area (Å²) in [6.07, 6.45) is 2.50. The first-order valence-corrected chi connectivity index (χ1v) is 8.44. The molecule has 118 valence electrons. The summed E-state index contributed by atoms with van der Waals surface area (Å²) in [4.78, 5) is 15.4. The average Bonchev–Trinajstić information content (AvgIpc) is 2.45. The van der Waals surface area contributed by atoms with Gasteiger partial charge in [-0.15, -0.1) is 0 Å². The number of amides is 1. The second-order valence-electron chi connectivity index (χ2n) is 4.38. The van der Waals surface area contributed by atoms with Crippen molar-refractivity contribution in [3.8, 4) is 0 Å². The number of carbonyl (C=O) groups is 1. The molecule has 0 aromatic carbocycles. The van der Waals surface area contributed by atoms with Crippen LogP contribution in [0.25, 0.3) is 0 Å². The first-order valence-electron chi connectivity index (χ1n) is 6.96. The third kappa shape index (κ3) is 5.68. The lowest BCUT2D eigenvalue weighted by atomic mass is 10.4. The number of nitrogens with one attached hydrogen (secondary N) is 3. The fraction of sp³-hybridized carbons (Fsp3) is 0.538. The van der Waals surface area contributed by atoms with Gasteiger partial charge in [0.1, 0.15) is 10.7 Å². The topological polar surface area (TPSA) is 100 Å². The predicted octanol–water partition coefficient (Wildman–Crippen LogP) is 0.708. The number of nitrogens with zero attached hydrogens (tertiary/aromatic N) is 1. The molecular weight excluding hydrogens is 292 g/mol. The highest BCUT2D eigenvalue weighted by Crippen LogP contribution is 2.17. The fourth-order valence-electron chi connectivity index (χ4n) is 1.65. The van der Waals surface area contributed by atoms with Crippen molar-refractivity contribution in [3.63, 3.8) is 0 Å². The van der Waals surface area contributed by atoms with Crippen LogP contribution in [0.2, 0.25) is 0 Å². The van der Waals surface area contributed by atoms with Gasteiger partial charge in [-0.3, -0.25) is 4.79 Å². The first-order chi connectivity index (χ1) is 10.0. The molecule has 0 fully saturated rings. The van der Waals surface area contributed by atoms with E-state index in [0.717, 1.165) is 6.42 Å². The van der Waals surface area contributed by atoms with Gasteiger partial charge in [0.15, 0.2) is 0 Å². The molecule has 0 unspecified atom stereocenters. The highest BCUT2D eigenvalue weighted by Gasteiger charge is 2.19. The lowest BCUT2D eigenvalue weighted by Gasteiger charge is -2.11. The van der Waals surface area contributed by atoms with Crippen LogP contribution in [0, 0.1) is 0 Å². The summed E-state index contributed by atoms with van der Waals surface area (Å²) in [5.74, 6) is 0.139. The minimum Gasteiger partial charge on any atom is -0.369 e. The van der Waals surface area contributed by atoms with Crippen LogP contribution >= 0.6 is 0 Å². The van der Waals surface area contributed by atoms with Crippen LogP contribution in [0.5, 0.6) is 0 Å². The van der Waals surface area contributed by atoms with Crippen LogP contribution in [0.15, 0.2) is 23.2 Å².